The van der Waals surface area contributed by atoms with Gasteiger partial charge in [-0.05, 0) is 29.8 Å². The van der Waals surface area contributed by atoms with Gasteiger partial charge in [-0.1, -0.05) is 11.3 Å². The SMILES string of the molecule is NC(c1ccncc1)c1nn2c(-c3cccnc3)cnc2s1. The monoisotopic (exact) mass is 308 g/mol. The van der Waals surface area contributed by atoms with Crippen LogP contribution in [0.2, 0.25) is 0 Å². The molecule has 0 aliphatic carbocycles. The van der Waals surface area contributed by atoms with Crippen LogP contribution in [-0.4, -0.2) is 24.6 Å². The lowest BCUT2D eigenvalue weighted by Crippen LogP contribution is -2.12. The Balaban J connectivity index is 1.78. The van der Waals surface area contributed by atoms with Gasteiger partial charge in [-0.3, -0.25) is 9.97 Å². The molecule has 4 aromatic rings. The molecule has 0 saturated heterocycles. The van der Waals surface area contributed by atoms with Crippen LogP contribution in [0.4, 0.5) is 0 Å². The summed E-state index contributed by atoms with van der Waals surface area (Å²) in [5.41, 5.74) is 9.16. The third-order valence-corrected chi connectivity index (χ3v) is 4.40. The summed E-state index contributed by atoms with van der Waals surface area (Å²) in [5.74, 6) is 0. The van der Waals surface area contributed by atoms with E-state index in [9.17, 15) is 0 Å². The smallest absolute Gasteiger partial charge is 0.212 e. The maximum atomic E-state index is 6.29. The van der Waals surface area contributed by atoms with Crippen molar-refractivity contribution in [1.29, 1.82) is 0 Å². The van der Waals surface area contributed by atoms with Gasteiger partial charge in [0, 0.05) is 30.4 Å². The van der Waals surface area contributed by atoms with Crippen LogP contribution < -0.4 is 5.73 Å². The van der Waals surface area contributed by atoms with Crippen LogP contribution in [0.3, 0.4) is 0 Å². The predicted molar refractivity (Wildman–Crippen MR) is 84.4 cm³/mol. The van der Waals surface area contributed by atoms with Gasteiger partial charge in [-0.15, -0.1) is 0 Å². The normalized spacial score (nSPS) is 12.6. The highest BCUT2D eigenvalue weighted by atomic mass is 32.1. The Morgan fingerprint density at radius 2 is 1.91 bits per heavy atom. The number of aromatic nitrogens is 5. The molecule has 6 nitrogen and oxygen atoms in total. The highest BCUT2D eigenvalue weighted by molar-refractivity contribution is 7.16. The van der Waals surface area contributed by atoms with Crippen molar-refractivity contribution >= 4 is 16.3 Å². The van der Waals surface area contributed by atoms with Gasteiger partial charge < -0.3 is 5.73 Å². The first-order valence-corrected chi connectivity index (χ1v) is 7.55. The van der Waals surface area contributed by atoms with Gasteiger partial charge in [0.05, 0.1) is 17.9 Å². The Kier molecular flexibility index (Phi) is 3.14. The van der Waals surface area contributed by atoms with E-state index >= 15 is 0 Å². The molecule has 7 heteroatoms. The van der Waals surface area contributed by atoms with Crippen molar-refractivity contribution in [1.82, 2.24) is 24.6 Å². The van der Waals surface area contributed by atoms with E-state index in [1.165, 1.54) is 11.3 Å². The Labute approximate surface area is 130 Å². The van der Waals surface area contributed by atoms with E-state index in [1.54, 1.807) is 31.0 Å². The molecule has 0 radical (unpaired) electrons. The van der Waals surface area contributed by atoms with Crippen LogP contribution in [0, 0.1) is 0 Å². The fraction of sp³-hybridized carbons (Fsp3) is 0.0667. The number of imidazole rings is 1. The molecule has 4 rings (SSSR count). The summed E-state index contributed by atoms with van der Waals surface area (Å²) in [6, 6.07) is 7.40. The van der Waals surface area contributed by atoms with Gasteiger partial charge in [0.25, 0.3) is 0 Å². The van der Waals surface area contributed by atoms with Crippen molar-refractivity contribution in [2.24, 2.45) is 5.73 Å². The summed E-state index contributed by atoms with van der Waals surface area (Å²) in [6.45, 7) is 0. The number of hydrogen-bond donors (Lipinski definition) is 1. The summed E-state index contributed by atoms with van der Waals surface area (Å²) in [4.78, 5) is 13.4. The van der Waals surface area contributed by atoms with Crippen LogP contribution >= 0.6 is 11.3 Å². The van der Waals surface area contributed by atoms with Crippen LogP contribution in [0.1, 0.15) is 16.6 Å². The summed E-state index contributed by atoms with van der Waals surface area (Å²) < 4.78 is 1.82. The minimum Gasteiger partial charge on any atom is -0.318 e. The third-order valence-electron chi connectivity index (χ3n) is 3.39. The van der Waals surface area contributed by atoms with Gasteiger partial charge in [0.15, 0.2) is 0 Å². The van der Waals surface area contributed by atoms with Crippen molar-refractivity contribution in [2.45, 2.75) is 6.04 Å². The number of hydrogen-bond acceptors (Lipinski definition) is 6. The van der Waals surface area contributed by atoms with Gasteiger partial charge in [0.2, 0.25) is 4.96 Å². The first-order chi connectivity index (χ1) is 10.8. The average molecular weight is 308 g/mol. The van der Waals surface area contributed by atoms with Gasteiger partial charge in [0.1, 0.15) is 5.01 Å². The van der Waals surface area contributed by atoms with Crippen molar-refractivity contribution in [3.05, 3.63) is 65.8 Å². The van der Waals surface area contributed by atoms with Crippen LogP contribution in [0.5, 0.6) is 0 Å². The third kappa shape index (κ3) is 2.16. The molecule has 2 N–H and O–H groups in total. The summed E-state index contributed by atoms with van der Waals surface area (Å²) in [7, 11) is 0. The van der Waals surface area contributed by atoms with Crippen molar-refractivity contribution in [2.75, 3.05) is 0 Å². The van der Waals surface area contributed by atoms with E-state index in [0.717, 1.165) is 26.8 Å². The van der Waals surface area contributed by atoms with E-state index in [-0.39, 0.29) is 6.04 Å². The molecule has 0 aliphatic rings. The fourth-order valence-corrected chi connectivity index (χ4v) is 3.16. The standard InChI is InChI=1S/C15H12N6S/c16-13(10-3-6-17-7-4-10)14-20-21-12(9-19-15(21)22-14)11-2-1-5-18-8-11/h1-9,13H,16H2. The van der Waals surface area contributed by atoms with Crippen molar-refractivity contribution in [3.63, 3.8) is 0 Å². The molecule has 4 heterocycles. The number of fused-ring (bicyclic) bond motifs is 1. The topological polar surface area (TPSA) is 82.0 Å². The second kappa shape index (κ2) is 5.28. The number of rotatable bonds is 3. The highest BCUT2D eigenvalue weighted by Gasteiger charge is 2.17. The van der Waals surface area contributed by atoms with E-state index < -0.39 is 0 Å². The largest absolute Gasteiger partial charge is 0.318 e. The lowest BCUT2D eigenvalue weighted by Gasteiger charge is -2.07. The van der Waals surface area contributed by atoms with Gasteiger partial charge >= 0.3 is 0 Å². The molecular weight excluding hydrogens is 296 g/mol. The maximum absolute atomic E-state index is 6.29. The van der Waals surface area contributed by atoms with E-state index in [1.807, 2.05) is 28.8 Å². The summed E-state index contributed by atoms with van der Waals surface area (Å²) >= 11 is 1.49. The van der Waals surface area contributed by atoms with E-state index in [4.69, 9.17) is 5.73 Å². The zero-order valence-electron chi connectivity index (χ0n) is 11.5. The molecule has 1 atom stereocenters. The van der Waals surface area contributed by atoms with E-state index in [2.05, 4.69) is 20.1 Å². The summed E-state index contributed by atoms with van der Waals surface area (Å²) in [5, 5.41) is 5.44. The Bertz CT molecular complexity index is 900. The molecule has 0 bridgehead atoms. The first-order valence-electron chi connectivity index (χ1n) is 6.73. The Hall–Kier alpha value is -2.64. The Morgan fingerprint density at radius 3 is 2.68 bits per heavy atom. The van der Waals surface area contributed by atoms with Crippen LogP contribution in [0.15, 0.2) is 55.2 Å². The molecule has 0 saturated carbocycles. The molecular formula is C15H12N6S. The first kappa shape index (κ1) is 13.1. The average Bonchev–Trinajstić information content (AvgIpc) is 3.16. The molecule has 0 aromatic carbocycles. The van der Waals surface area contributed by atoms with Crippen LogP contribution in [0.25, 0.3) is 16.2 Å². The maximum Gasteiger partial charge on any atom is 0.212 e. The predicted octanol–water partition coefficient (Wildman–Crippen LogP) is 2.30. The molecule has 0 amide bonds. The zero-order valence-corrected chi connectivity index (χ0v) is 12.3. The molecule has 22 heavy (non-hydrogen) atoms. The lowest BCUT2D eigenvalue weighted by molar-refractivity contribution is 0.807. The molecule has 0 spiro atoms. The minimum atomic E-state index is -0.281. The highest BCUT2D eigenvalue weighted by Crippen LogP contribution is 2.27. The molecule has 0 aliphatic heterocycles. The fourth-order valence-electron chi connectivity index (χ4n) is 2.26. The molecule has 108 valence electrons. The number of nitrogens with two attached hydrogens (primary N) is 1. The zero-order chi connectivity index (χ0) is 14.9. The minimum absolute atomic E-state index is 0.281. The lowest BCUT2D eigenvalue weighted by atomic mass is 10.1. The second-order valence-corrected chi connectivity index (χ2v) is 5.77. The Morgan fingerprint density at radius 1 is 1.05 bits per heavy atom. The second-order valence-electron chi connectivity index (χ2n) is 4.78. The van der Waals surface area contributed by atoms with Gasteiger partial charge in [-0.2, -0.15) is 5.10 Å². The molecule has 1 unspecified atom stereocenters. The van der Waals surface area contributed by atoms with Crippen molar-refractivity contribution in [3.8, 4) is 11.3 Å². The van der Waals surface area contributed by atoms with E-state index in [0.29, 0.717) is 0 Å². The van der Waals surface area contributed by atoms with Gasteiger partial charge in [-0.25, -0.2) is 9.50 Å². The number of pyridine rings is 2. The molecule has 0 fully saturated rings. The molecule has 4 aromatic heterocycles. The van der Waals surface area contributed by atoms with Crippen molar-refractivity contribution < 1.29 is 0 Å². The number of nitrogens with zero attached hydrogens (tertiary/aromatic N) is 5. The summed E-state index contributed by atoms with van der Waals surface area (Å²) in [6.07, 6.45) is 8.81. The van der Waals surface area contributed by atoms with Crippen LogP contribution in [-0.2, 0) is 0 Å². The quantitative estimate of drug-likeness (QED) is 0.628.